The molecule has 0 fully saturated rings. The van der Waals surface area contributed by atoms with Gasteiger partial charge in [0.05, 0.1) is 0 Å². The van der Waals surface area contributed by atoms with Gasteiger partial charge >= 0.3 is 0 Å². The van der Waals surface area contributed by atoms with Gasteiger partial charge in [0, 0.05) is 6.42 Å². The van der Waals surface area contributed by atoms with Crippen molar-refractivity contribution in [1.82, 2.24) is 14.6 Å². The maximum atomic E-state index is 10.4. The lowest BCUT2D eigenvalue weighted by Gasteiger charge is -2.08. The molecule has 0 saturated carbocycles. The van der Waals surface area contributed by atoms with Gasteiger partial charge < -0.3 is 5.11 Å². The van der Waals surface area contributed by atoms with Gasteiger partial charge in [0.25, 0.3) is 0 Å². The summed E-state index contributed by atoms with van der Waals surface area (Å²) in [6.07, 6.45) is 1.30. The fourth-order valence-corrected chi connectivity index (χ4v) is 2.67. The molecule has 23 heavy (non-hydrogen) atoms. The molecule has 2 aromatic heterocycles. The highest BCUT2D eigenvalue weighted by Crippen LogP contribution is 2.25. The van der Waals surface area contributed by atoms with E-state index in [1.165, 1.54) is 4.52 Å². The molecule has 1 N–H and O–H groups in total. The number of nitriles is 1. The standard InChI is InChI=1S/C18H18N4O/c1-12(2)8-14-10-17-20-16(9-13-6-4-3-5-7-13)21-22(17)18(23)15(14)11-19/h3-7,10,12,23H,8-9H2,1-2H3. The average Bonchev–Trinajstić information content (AvgIpc) is 2.91. The molecular formula is C18H18N4O. The van der Waals surface area contributed by atoms with Gasteiger partial charge in [0.2, 0.25) is 5.88 Å². The molecule has 5 nitrogen and oxygen atoms in total. The van der Waals surface area contributed by atoms with Gasteiger partial charge in [-0.05, 0) is 29.5 Å². The van der Waals surface area contributed by atoms with E-state index in [1.807, 2.05) is 36.4 Å². The Morgan fingerprint density at radius 1 is 1.26 bits per heavy atom. The second-order valence-corrected chi connectivity index (χ2v) is 6.04. The first kappa shape index (κ1) is 15.0. The molecule has 3 rings (SSSR count). The van der Waals surface area contributed by atoms with Crippen LogP contribution >= 0.6 is 0 Å². The molecule has 0 amide bonds. The first-order chi connectivity index (χ1) is 11.1. The molecule has 1 aromatic carbocycles. The Bertz CT molecular complexity index is 875. The van der Waals surface area contributed by atoms with Crippen molar-refractivity contribution in [3.8, 4) is 11.9 Å². The van der Waals surface area contributed by atoms with Crippen LogP contribution in [0.4, 0.5) is 0 Å². The molecule has 0 atom stereocenters. The Labute approximate surface area is 134 Å². The Balaban J connectivity index is 2.05. The summed E-state index contributed by atoms with van der Waals surface area (Å²) in [6.45, 7) is 4.15. The van der Waals surface area contributed by atoms with Crippen LogP contribution in [0.15, 0.2) is 36.4 Å². The zero-order chi connectivity index (χ0) is 16.4. The monoisotopic (exact) mass is 306 g/mol. The molecule has 0 saturated heterocycles. The number of aromatic nitrogens is 3. The highest BCUT2D eigenvalue weighted by molar-refractivity contribution is 5.54. The van der Waals surface area contributed by atoms with Crippen molar-refractivity contribution >= 4 is 5.65 Å². The van der Waals surface area contributed by atoms with Crippen LogP contribution in [0.1, 0.15) is 36.4 Å². The number of pyridine rings is 1. The van der Waals surface area contributed by atoms with Gasteiger partial charge in [0.15, 0.2) is 11.5 Å². The smallest absolute Gasteiger partial charge is 0.232 e. The van der Waals surface area contributed by atoms with Crippen molar-refractivity contribution in [2.24, 2.45) is 5.92 Å². The molecule has 0 unspecified atom stereocenters. The third-order valence-corrected chi connectivity index (χ3v) is 3.67. The van der Waals surface area contributed by atoms with Crippen LogP contribution in [0, 0.1) is 17.2 Å². The summed E-state index contributed by atoms with van der Waals surface area (Å²) < 4.78 is 1.35. The van der Waals surface area contributed by atoms with Crippen molar-refractivity contribution in [3.05, 3.63) is 58.9 Å². The van der Waals surface area contributed by atoms with E-state index in [9.17, 15) is 10.4 Å². The van der Waals surface area contributed by atoms with Crippen molar-refractivity contribution in [3.63, 3.8) is 0 Å². The predicted octanol–water partition coefficient (Wildman–Crippen LogP) is 3.10. The fourth-order valence-electron chi connectivity index (χ4n) is 2.67. The first-order valence-electron chi connectivity index (χ1n) is 7.63. The summed E-state index contributed by atoms with van der Waals surface area (Å²) in [5.41, 5.74) is 2.77. The first-order valence-corrected chi connectivity index (χ1v) is 7.63. The summed E-state index contributed by atoms with van der Waals surface area (Å²) in [4.78, 5) is 4.49. The summed E-state index contributed by atoms with van der Waals surface area (Å²) >= 11 is 0. The lowest BCUT2D eigenvalue weighted by atomic mass is 10.00. The highest BCUT2D eigenvalue weighted by Gasteiger charge is 2.17. The van der Waals surface area contributed by atoms with Crippen molar-refractivity contribution in [2.45, 2.75) is 26.7 Å². The Morgan fingerprint density at radius 2 is 2.00 bits per heavy atom. The van der Waals surface area contributed by atoms with Crippen LogP contribution in [0.5, 0.6) is 5.88 Å². The molecule has 3 aromatic rings. The Hall–Kier alpha value is -2.87. The van der Waals surface area contributed by atoms with Crippen molar-refractivity contribution in [1.29, 1.82) is 5.26 Å². The molecule has 0 radical (unpaired) electrons. The third-order valence-electron chi connectivity index (χ3n) is 3.67. The molecule has 116 valence electrons. The number of benzene rings is 1. The van der Waals surface area contributed by atoms with Crippen LogP contribution in [-0.2, 0) is 12.8 Å². The molecule has 0 bridgehead atoms. The number of rotatable bonds is 4. The maximum absolute atomic E-state index is 10.4. The van der Waals surface area contributed by atoms with Gasteiger partial charge in [-0.15, -0.1) is 5.10 Å². The van der Waals surface area contributed by atoms with E-state index in [-0.39, 0.29) is 11.4 Å². The summed E-state index contributed by atoms with van der Waals surface area (Å²) in [6, 6.07) is 13.9. The number of aromatic hydroxyl groups is 1. The van der Waals surface area contributed by atoms with Gasteiger partial charge in [-0.2, -0.15) is 9.78 Å². The van der Waals surface area contributed by atoms with E-state index in [4.69, 9.17) is 0 Å². The second-order valence-electron chi connectivity index (χ2n) is 6.04. The zero-order valence-electron chi connectivity index (χ0n) is 13.2. The van der Waals surface area contributed by atoms with Gasteiger partial charge in [-0.25, -0.2) is 4.98 Å². The molecule has 0 aliphatic carbocycles. The topological polar surface area (TPSA) is 74.2 Å². The quantitative estimate of drug-likeness (QED) is 0.803. The van der Waals surface area contributed by atoms with Crippen LogP contribution in [0.25, 0.3) is 5.65 Å². The Morgan fingerprint density at radius 3 is 2.65 bits per heavy atom. The minimum absolute atomic E-state index is 0.132. The number of hydrogen-bond donors (Lipinski definition) is 1. The second kappa shape index (κ2) is 6.09. The van der Waals surface area contributed by atoms with Crippen molar-refractivity contribution < 1.29 is 5.11 Å². The van der Waals surface area contributed by atoms with Crippen LogP contribution < -0.4 is 0 Å². The van der Waals surface area contributed by atoms with Crippen LogP contribution in [0.2, 0.25) is 0 Å². The molecule has 0 aliphatic heterocycles. The largest absolute Gasteiger partial charge is 0.492 e. The average molecular weight is 306 g/mol. The summed E-state index contributed by atoms with van der Waals surface area (Å²) in [7, 11) is 0. The van der Waals surface area contributed by atoms with Gasteiger partial charge in [-0.1, -0.05) is 44.2 Å². The third kappa shape index (κ3) is 3.02. The molecule has 0 aliphatic rings. The molecular weight excluding hydrogens is 288 g/mol. The fraction of sp³-hybridized carbons (Fsp3) is 0.278. The van der Waals surface area contributed by atoms with E-state index in [2.05, 4.69) is 30.0 Å². The van der Waals surface area contributed by atoms with E-state index >= 15 is 0 Å². The van der Waals surface area contributed by atoms with E-state index in [1.54, 1.807) is 0 Å². The van der Waals surface area contributed by atoms with E-state index in [0.29, 0.717) is 30.2 Å². The normalized spacial score (nSPS) is 11.0. The van der Waals surface area contributed by atoms with Gasteiger partial charge in [0.1, 0.15) is 11.6 Å². The molecule has 2 heterocycles. The SMILES string of the molecule is CC(C)Cc1cc2nc(Cc3ccccc3)nn2c(O)c1C#N. The van der Waals surface area contributed by atoms with E-state index in [0.717, 1.165) is 11.1 Å². The Kier molecular flexibility index (Phi) is 3.98. The predicted molar refractivity (Wildman–Crippen MR) is 87.2 cm³/mol. The maximum Gasteiger partial charge on any atom is 0.232 e. The lowest BCUT2D eigenvalue weighted by Crippen LogP contribution is -2.02. The van der Waals surface area contributed by atoms with Crippen molar-refractivity contribution in [2.75, 3.05) is 0 Å². The minimum Gasteiger partial charge on any atom is -0.492 e. The van der Waals surface area contributed by atoms with E-state index < -0.39 is 0 Å². The minimum atomic E-state index is -0.132. The van der Waals surface area contributed by atoms with Gasteiger partial charge in [-0.3, -0.25) is 0 Å². The number of fused-ring (bicyclic) bond motifs is 1. The number of hydrogen-bond acceptors (Lipinski definition) is 4. The van der Waals surface area contributed by atoms with Crippen LogP contribution in [0.3, 0.4) is 0 Å². The number of nitrogens with zero attached hydrogens (tertiary/aromatic N) is 4. The van der Waals surface area contributed by atoms with Crippen LogP contribution in [-0.4, -0.2) is 19.7 Å². The lowest BCUT2D eigenvalue weighted by molar-refractivity contribution is 0.432. The molecule has 0 spiro atoms. The summed E-state index contributed by atoms with van der Waals surface area (Å²) in [5, 5.41) is 24.0. The summed E-state index contributed by atoms with van der Waals surface area (Å²) in [5.74, 6) is 0.875. The highest BCUT2D eigenvalue weighted by atomic mass is 16.3. The zero-order valence-corrected chi connectivity index (χ0v) is 13.2. The molecule has 5 heteroatoms.